The molecule has 10 atom stereocenters. The van der Waals surface area contributed by atoms with Gasteiger partial charge in [0.25, 0.3) is 0 Å². The summed E-state index contributed by atoms with van der Waals surface area (Å²) in [5.74, 6) is 5.09. The van der Waals surface area contributed by atoms with Gasteiger partial charge in [-0.15, -0.1) is 0 Å². The van der Waals surface area contributed by atoms with Crippen LogP contribution < -0.4 is 0 Å². The maximum atomic E-state index is 10.7. The zero-order chi connectivity index (χ0) is 20.3. The maximum Gasteiger partial charge on any atom is 0.0622 e. The Hall–Kier alpha value is -0.0800. The van der Waals surface area contributed by atoms with Crippen molar-refractivity contribution >= 4 is 0 Å². The summed E-state index contributed by atoms with van der Waals surface area (Å²) < 4.78 is 0. The third-order valence-corrected chi connectivity index (χ3v) is 10.8. The summed E-state index contributed by atoms with van der Waals surface area (Å²) in [4.78, 5) is 0. The lowest BCUT2D eigenvalue weighted by Gasteiger charge is -2.62. The van der Waals surface area contributed by atoms with Gasteiger partial charge in [0.15, 0.2) is 0 Å². The van der Waals surface area contributed by atoms with Crippen molar-refractivity contribution in [2.24, 2.45) is 46.3 Å². The van der Waals surface area contributed by atoms with Crippen LogP contribution in [0.15, 0.2) is 0 Å². The van der Waals surface area contributed by atoms with Crippen molar-refractivity contribution in [3.8, 4) is 0 Å². The first kappa shape index (κ1) is 21.2. The molecule has 4 saturated carbocycles. The number of rotatable bonds is 4. The van der Waals surface area contributed by atoms with Crippen molar-refractivity contribution in [3.63, 3.8) is 0 Å². The molecule has 4 fully saturated rings. The highest BCUT2D eigenvalue weighted by molar-refractivity contribution is 5.10. The Balaban J connectivity index is 1.50. The lowest BCUT2D eigenvalue weighted by Crippen LogP contribution is -2.55. The average Bonchev–Trinajstić information content (AvgIpc) is 2.97. The zero-order valence-corrected chi connectivity index (χ0v) is 19.2. The van der Waals surface area contributed by atoms with Gasteiger partial charge in [0.2, 0.25) is 0 Å². The van der Waals surface area contributed by atoms with Gasteiger partial charge in [-0.2, -0.15) is 0 Å². The van der Waals surface area contributed by atoms with Crippen LogP contribution in [0.2, 0.25) is 0 Å². The Kier molecular flexibility index (Phi) is 5.49. The van der Waals surface area contributed by atoms with Gasteiger partial charge in [0, 0.05) is 0 Å². The number of aliphatic hydroxyl groups is 2. The quantitative estimate of drug-likeness (QED) is 0.600. The van der Waals surface area contributed by atoms with Crippen molar-refractivity contribution in [2.45, 2.75) is 117 Å². The van der Waals surface area contributed by atoms with Crippen molar-refractivity contribution in [2.75, 3.05) is 0 Å². The largest absolute Gasteiger partial charge is 0.393 e. The van der Waals surface area contributed by atoms with Gasteiger partial charge in [-0.05, 0) is 131 Å². The maximum absolute atomic E-state index is 10.7. The van der Waals surface area contributed by atoms with E-state index in [-0.39, 0.29) is 6.10 Å². The molecule has 0 heterocycles. The van der Waals surface area contributed by atoms with Crippen LogP contribution in [0.25, 0.3) is 0 Å². The topological polar surface area (TPSA) is 40.5 Å². The number of hydrogen-bond donors (Lipinski definition) is 2. The molecular weight excluding hydrogens is 344 g/mol. The Bertz CT molecular complexity index is 569. The molecule has 2 heteroatoms. The van der Waals surface area contributed by atoms with Crippen LogP contribution in [0, 0.1) is 46.3 Å². The summed E-state index contributed by atoms with van der Waals surface area (Å²) >= 11 is 0. The molecule has 2 N–H and O–H groups in total. The Morgan fingerprint density at radius 2 is 1.54 bits per heavy atom. The van der Waals surface area contributed by atoms with E-state index >= 15 is 0 Å². The molecule has 4 aliphatic carbocycles. The molecule has 2 nitrogen and oxygen atoms in total. The van der Waals surface area contributed by atoms with Gasteiger partial charge >= 0.3 is 0 Å². The summed E-state index contributed by atoms with van der Waals surface area (Å²) in [6.07, 6.45) is 13.7. The summed E-state index contributed by atoms with van der Waals surface area (Å²) in [6.45, 7) is 11.7. The molecule has 4 rings (SSSR count). The van der Waals surface area contributed by atoms with E-state index in [2.05, 4.69) is 27.7 Å². The molecule has 0 radical (unpaired) electrons. The molecule has 0 bridgehead atoms. The van der Waals surface area contributed by atoms with Gasteiger partial charge in [-0.1, -0.05) is 20.8 Å². The van der Waals surface area contributed by atoms with Gasteiger partial charge in [-0.25, -0.2) is 0 Å². The molecule has 0 saturated heterocycles. The van der Waals surface area contributed by atoms with Gasteiger partial charge < -0.3 is 10.2 Å². The van der Waals surface area contributed by atoms with Gasteiger partial charge in [0.1, 0.15) is 0 Å². The van der Waals surface area contributed by atoms with E-state index in [4.69, 9.17) is 0 Å². The van der Waals surface area contributed by atoms with Crippen molar-refractivity contribution < 1.29 is 10.2 Å². The van der Waals surface area contributed by atoms with E-state index in [1.807, 2.05) is 6.92 Å². The first-order valence-corrected chi connectivity index (χ1v) is 12.5. The van der Waals surface area contributed by atoms with Crippen molar-refractivity contribution in [1.29, 1.82) is 0 Å². The molecular formula is C26H46O2. The van der Waals surface area contributed by atoms with Crippen LogP contribution in [0.4, 0.5) is 0 Å². The molecule has 0 spiro atoms. The highest BCUT2D eigenvalue weighted by Gasteiger charge is 2.61. The van der Waals surface area contributed by atoms with Gasteiger partial charge in [0.05, 0.1) is 11.7 Å². The summed E-state index contributed by atoms with van der Waals surface area (Å²) in [5, 5.41) is 20.4. The van der Waals surface area contributed by atoms with Crippen molar-refractivity contribution in [1.82, 2.24) is 0 Å². The third-order valence-electron chi connectivity index (χ3n) is 10.8. The Morgan fingerprint density at radius 1 is 0.821 bits per heavy atom. The molecule has 0 aromatic heterocycles. The molecule has 0 amide bonds. The van der Waals surface area contributed by atoms with Crippen LogP contribution in [-0.2, 0) is 0 Å². The molecule has 28 heavy (non-hydrogen) atoms. The monoisotopic (exact) mass is 390 g/mol. The van der Waals surface area contributed by atoms with E-state index in [0.29, 0.717) is 10.8 Å². The predicted octanol–water partition coefficient (Wildman–Crippen LogP) is 6.19. The Morgan fingerprint density at radius 3 is 2.25 bits per heavy atom. The second-order valence-electron chi connectivity index (χ2n) is 12.5. The smallest absolute Gasteiger partial charge is 0.0622 e. The fourth-order valence-corrected chi connectivity index (χ4v) is 9.11. The fourth-order valence-electron chi connectivity index (χ4n) is 9.11. The number of fused-ring (bicyclic) bond motifs is 5. The molecule has 0 aromatic carbocycles. The summed E-state index contributed by atoms with van der Waals surface area (Å²) in [6, 6.07) is 0. The first-order valence-electron chi connectivity index (χ1n) is 12.5. The fraction of sp³-hybridized carbons (Fsp3) is 1.00. The number of hydrogen-bond acceptors (Lipinski definition) is 2. The van der Waals surface area contributed by atoms with Crippen molar-refractivity contribution in [3.05, 3.63) is 0 Å². The summed E-state index contributed by atoms with van der Waals surface area (Å²) in [7, 11) is 0. The van der Waals surface area contributed by atoms with Gasteiger partial charge in [-0.3, -0.25) is 0 Å². The Labute approximate surface area is 173 Å². The molecule has 4 aliphatic rings. The zero-order valence-electron chi connectivity index (χ0n) is 19.2. The van der Waals surface area contributed by atoms with Crippen LogP contribution in [-0.4, -0.2) is 21.9 Å². The normalized spacial score (nSPS) is 53.0. The number of aliphatic hydroxyl groups excluding tert-OH is 1. The highest BCUT2D eigenvalue weighted by Crippen LogP contribution is 2.68. The summed E-state index contributed by atoms with van der Waals surface area (Å²) in [5.41, 5.74) is 0.586. The van der Waals surface area contributed by atoms with Crippen LogP contribution in [0.5, 0.6) is 0 Å². The van der Waals surface area contributed by atoms with Crippen LogP contribution in [0.3, 0.4) is 0 Å². The molecule has 0 aromatic rings. The molecule has 1 unspecified atom stereocenters. The standard InChI is InChI=1S/C26H46O2/c1-17(6-7-18(2)27)21-10-11-22-20-9-8-19-16-24(3,28)14-15-25(19,4)23(20)12-13-26(21,22)5/h17-23,27-28H,6-16H2,1-5H3/t17-,18-,19+,20?,21-,22+,23+,24+,25+,26-/m1/s1. The van der Waals surface area contributed by atoms with Crippen LogP contribution in [0.1, 0.15) is 105 Å². The van der Waals surface area contributed by atoms with E-state index in [9.17, 15) is 10.2 Å². The average molecular weight is 391 g/mol. The molecule has 0 aliphatic heterocycles. The second-order valence-corrected chi connectivity index (χ2v) is 12.5. The van der Waals surface area contributed by atoms with E-state index in [1.165, 1.54) is 51.4 Å². The van der Waals surface area contributed by atoms with E-state index < -0.39 is 5.60 Å². The lowest BCUT2D eigenvalue weighted by molar-refractivity contribution is -0.148. The predicted molar refractivity (Wildman–Crippen MR) is 116 cm³/mol. The minimum absolute atomic E-state index is 0.151. The van der Waals surface area contributed by atoms with E-state index in [1.54, 1.807) is 0 Å². The first-order chi connectivity index (χ1) is 13.1. The second kappa shape index (κ2) is 7.26. The third kappa shape index (κ3) is 3.39. The minimum atomic E-state index is -0.419. The van der Waals surface area contributed by atoms with Crippen LogP contribution >= 0.6 is 0 Å². The lowest BCUT2D eigenvalue weighted by atomic mass is 9.43. The SMILES string of the molecule is C[C@H](CC[C@@H](C)O)[C@H]1CC[C@H]2C3CC[C@H]4C[C@@](C)(O)CC[C@]4(C)[C@H]3CC[C@]12C. The molecule has 162 valence electrons. The highest BCUT2D eigenvalue weighted by atomic mass is 16.3. The van der Waals surface area contributed by atoms with E-state index in [0.717, 1.165) is 54.8 Å². The minimum Gasteiger partial charge on any atom is -0.393 e.